The molecule has 0 heterocycles. The zero-order valence-electron chi connectivity index (χ0n) is 10.1. The van der Waals surface area contributed by atoms with Crippen molar-refractivity contribution in [3.05, 3.63) is 30.2 Å². The van der Waals surface area contributed by atoms with E-state index in [0.717, 1.165) is 24.0 Å². The van der Waals surface area contributed by atoms with Crippen LogP contribution in [0.1, 0.15) is 31.4 Å². The first-order valence-corrected chi connectivity index (χ1v) is 5.50. The van der Waals surface area contributed by atoms with Gasteiger partial charge in [0.25, 0.3) is 0 Å². The van der Waals surface area contributed by atoms with Gasteiger partial charge in [0.05, 0.1) is 6.61 Å². The minimum absolute atomic E-state index is 0. The minimum Gasteiger partial charge on any atom is -0.504 e. The Kier molecular flexibility index (Phi) is 8.04. The van der Waals surface area contributed by atoms with Crippen molar-refractivity contribution in [2.24, 2.45) is 0 Å². The second kappa shape index (κ2) is 8.08. The van der Waals surface area contributed by atoms with E-state index in [1.807, 2.05) is 19.1 Å². The van der Waals surface area contributed by atoms with E-state index in [9.17, 15) is 5.11 Å². The van der Waals surface area contributed by atoms with Crippen molar-refractivity contribution < 1.29 is 42.6 Å². The summed E-state index contributed by atoms with van der Waals surface area (Å²) >= 11 is 0. The topological polar surface area (TPSA) is 29.5 Å². The maximum absolute atomic E-state index is 10.0. The van der Waals surface area contributed by atoms with Crippen LogP contribution in [0.2, 0.25) is 0 Å². The fourth-order valence-corrected chi connectivity index (χ4v) is 1.69. The largest absolute Gasteiger partial charge is 0.504 e. The van der Waals surface area contributed by atoms with Gasteiger partial charge in [-0.05, 0) is 25.0 Å². The smallest absolute Gasteiger partial charge is 0.161 e. The molecule has 0 aromatic heterocycles. The summed E-state index contributed by atoms with van der Waals surface area (Å²) in [6.07, 6.45) is 2.59. The molecule has 16 heavy (non-hydrogen) atoms. The second-order valence-corrected chi connectivity index (χ2v) is 3.48. The summed E-state index contributed by atoms with van der Waals surface area (Å²) < 4.78 is 5.35. The van der Waals surface area contributed by atoms with Crippen LogP contribution in [0.25, 0.3) is 0 Å². The third kappa shape index (κ3) is 3.74. The minimum atomic E-state index is 0. The summed E-state index contributed by atoms with van der Waals surface area (Å²) in [5.41, 5.74) is 2.09. The van der Waals surface area contributed by atoms with Crippen molar-refractivity contribution in [2.75, 3.05) is 6.61 Å². The van der Waals surface area contributed by atoms with Gasteiger partial charge < -0.3 is 16.8 Å². The fourth-order valence-electron chi connectivity index (χ4n) is 1.69. The summed E-state index contributed by atoms with van der Waals surface area (Å²) in [6.45, 7) is 8.44. The van der Waals surface area contributed by atoms with Crippen molar-refractivity contribution in [3.63, 3.8) is 0 Å². The summed E-state index contributed by atoms with van der Waals surface area (Å²) in [4.78, 5) is 0. The molecule has 0 spiro atoms. The summed E-state index contributed by atoms with van der Waals surface area (Å²) in [6, 6.07) is 3.81. The molecule has 0 bridgehead atoms. The maximum Gasteiger partial charge on any atom is 0.161 e. The zero-order valence-corrected chi connectivity index (χ0v) is 13.0. The zero-order chi connectivity index (χ0) is 11.3. The molecule has 0 fully saturated rings. The number of ether oxygens (including phenoxy) is 1. The molecule has 0 aliphatic carbocycles. The average Bonchev–Trinajstić information content (AvgIpc) is 2.25. The van der Waals surface area contributed by atoms with E-state index in [-0.39, 0.29) is 32.7 Å². The van der Waals surface area contributed by atoms with Gasteiger partial charge in [-0.15, -0.1) is 0 Å². The molecular weight excluding hydrogens is 277 g/mol. The predicted octanol–water partition coefficient (Wildman–Crippen LogP) is 3.12. The van der Waals surface area contributed by atoms with Gasteiger partial charge in [-0.1, -0.05) is 25.0 Å². The van der Waals surface area contributed by atoms with Gasteiger partial charge in [-0.25, -0.2) is 0 Å². The van der Waals surface area contributed by atoms with Crippen LogP contribution in [0.5, 0.6) is 11.5 Å². The van der Waals surface area contributed by atoms with E-state index in [4.69, 9.17) is 4.74 Å². The molecule has 0 saturated carbocycles. The van der Waals surface area contributed by atoms with Crippen molar-refractivity contribution in [3.8, 4) is 11.5 Å². The Hall–Kier alpha value is -0.0761. The van der Waals surface area contributed by atoms with Crippen LogP contribution < -0.4 is 4.74 Å². The molecule has 2 nitrogen and oxygen atoms in total. The second-order valence-electron chi connectivity index (χ2n) is 3.48. The van der Waals surface area contributed by atoms with Crippen molar-refractivity contribution in [1.29, 1.82) is 0 Å². The number of hydrogen-bond acceptors (Lipinski definition) is 2. The summed E-state index contributed by atoms with van der Waals surface area (Å²) in [5.74, 6) is 0.873. The molecule has 0 unspecified atom stereocenters. The standard InChI is InChI=1S/C13H19O2.Y/c1-4-7-11-10(5-2)8-9-12(13(11)14)15-6-3;/h8-9,14H,2,4-7H2,1,3H3;/q-1;. The first-order chi connectivity index (χ1) is 7.24. The van der Waals surface area contributed by atoms with Crippen molar-refractivity contribution >= 4 is 0 Å². The molecule has 0 saturated heterocycles. The Labute approximate surface area is 123 Å². The first-order valence-electron chi connectivity index (χ1n) is 5.50. The molecule has 1 radical (unpaired) electrons. The molecule has 0 atom stereocenters. The normalized spacial score (nSPS) is 9.69. The molecule has 1 N–H and O–H groups in total. The summed E-state index contributed by atoms with van der Waals surface area (Å²) in [5, 5.41) is 10.0. The molecule has 1 aromatic carbocycles. The fraction of sp³-hybridized carbons (Fsp3) is 0.462. The molecular formula is C13H19O2Y-. The Morgan fingerprint density at radius 3 is 2.50 bits per heavy atom. The molecule has 3 heteroatoms. The van der Waals surface area contributed by atoms with Gasteiger partial charge in [0.2, 0.25) is 0 Å². The molecule has 1 rings (SSSR count). The molecule has 0 amide bonds. The maximum atomic E-state index is 10.0. The molecule has 0 aliphatic heterocycles. The van der Waals surface area contributed by atoms with E-state index >= 15 is 0 Å². The van der Waals surface area contributed by atoms with E-state index in [1.165, 1.54) is 0 Å². The quantitative estimate of drug-likeness (QED) is 0.846. The number of phenols is 1. The third-order valence-electron chi connectivity index (χ3n) is 2.41. The van der Waals surface area contributed by atoms with Gasteiger partial charge in [0.1, 0.15) is 0 Å². The van der Waals surface area contributed by atoms with Crippen LogP contribution >= 0.6 is 0 Å². The predicted molar refractivity (Wildman–Crippen MR) is 62.3 cm³/mol. The van der Waals surface area contributed by atoms with Gasteiger partial charge >= 0.3 is 0 Å². The Morgan fingerprint density at radius 2 is 2.00 bits per heavy atom. The first kappa shape index (κ1) is 15.9. The number of rotatable bonds is 5. The van der Waals surface area contributed by atoms with Crippen LogP contribution in [-0.4, -0.2) is 11.7 Å². The van der Waals surface area contributed by atoms with E-state index < -0.39 is 0 Å². The van der Waals surface area contributed by atoms with E-state index in [2.05, 4.69) is 13.8 Å². The SMILES string of the molecule is [CH2-]Cc1ccc(OCC)c(O)c1CCC.[Y]. The van der Waals surface area contributed by atoms with Crippen LogP contribution in [0.3, 0.4) is 0 Å². The van der Waals surface area contributed by atoms with Crippen LogP contribution in [0.4, 0.5) is 0 Å². The van der Waals surface area contributed by atoms with Crippen molar-refractivity contribution in [1.82, 2.24) is 0 Å². The third-order valence-corrected chi connectivity index (χ3v) is 2.41. The molecule has 1 aromatic rings. The van der Waals surface area contributed by atoms with Crippen LogP contribution in [0, 0.1) is 6.92 Å². The van der Waals surface area contributed by atoms with Gasteiger partial charge in [0.15, 0.2) is 11.5 Å². The van der Waals surface area contributed by atoms with Crippen molar-refractivity contribution in [2.45, 2.75) is 33.1 Å². The number of phenolic OH excluding ortho intramolecular Hbond substituents is 1. The Balaban J connectivity index is 0.00000225. The Bertz CT molecular complexity index is 324. The van der Waals surface area contributed by atoms with Crippen LogP contribution in [0.15, 0.2) is 12.1 Å². The number of hydrogen-bond donors (Lipinski definition) is 1. The summed E-state index contributed by atoms with van der Waals surface area (Å²) in [7, 11) is 0. The van der Waals surface area contributed by atoms with E-state index in [1.54, 1.807) is 0 Å². The molecule has 0 aliphatic rings. The van der Waals surface area contributed by atoms with Gasteiger partial charge in [-0.2, -0.15) is 6.42 Å². The van der Waals surface area contributed by atoms with Gasteiger partial charge in [-0.3, -0.25) is 0 Å². The Morgan fingerprint density at radius 1 is 1.31 bits per heavy atom. The monoisotopic (exact) mass is 296 g/mol. The average molecular weight is 296 g/mol. The van der Waals surface area contributed by atoms with Gasteiger partial charge in [0, 0.05) is 32.7 Å². The number of aromatic hydroxyl groups is 1. The van der Waals surface area contributed by atoms with E-state index in [0.29, 0.717) is 24.5 Å². The number of benzene rings is 1. The van der Waals surface area contributed by atoms with Crippen LogP contribution in [-0.2, 0) is 45.6 Å². The molecule has 87 valence electrons.